The first-order chi connectivity index (χ1) is 15.3. The third-order valence-electron chi connectivity index (χ3n) is 7.24. The predicted molar refractivity (Wildman–Crippen MR) is 132 cm³/mol. The van der Waals surface area contributed by atoms with Crippen molar-refractivity contribution >= 4 is 34.3 Å². The van der Waals surface area contributed by atoms with Crippen molar-refractivity contribution in [3.05, 3.63) is 6.20 Å². The topological polar surface area (TPSA) is 57.3 Å². The Bertz CT molecular complexity index is 644. The lowest BCUT2D eigenvalue weighted by molar-refractivity contribution is 0.114. The number of nitrogens with one attached hydrogen (secondary N) is 2. The molecule has 1 aliphatic heterocycles. The third-order valence-corrected chi connectivity index (χ3v) is 9.38. The molecule has 1 saturated heterocycles. The molecule has 5 nitrogen and oxygen atoms in total. The molecule has 0 bridgehead atoms. The Kier molecular flexibility index (Phi) is 9.39. The number of aromatic nitrogens is 1. The van der Waals surface area contributed by atoms with E-state index in [9.17, 15) is 4.79 Å². The van der Waals surface area contributed by atoms with Crippen molar-refractivity contribution in [3.8, 4) is 0 Å². The lowest BCUT2D eigenvalue weighted by Crippen LogP contribution is -2.50. The number of thiazole rings is 1. The zero-order chi connectivity index (χ0) is 21.3. The van der Waals surface area contributed by atoms with Crippen molar-refractivity contribution in [2.24, 2.45) is 0 Å². The monoisotopic (exact) mass is 464 g/mol. The van der Waals surface area contributed by atoms with Crippen molar-refractivity contribution < 1.29 is 4.79 Å². The summed E-state index contributed by atoms with van der Waals surface area (Å²) in [5.74, 6) is 1.11. The molecular weight excluding hydrogens is 424 g/mol. The van der Waals surface area contributed by atoms with E-state index in [-0.39, 0.29) is 6.03 Å². The molecule has 7 heteroatoms. The summed E-state index contributed by atoms with van der Waals surface area (Å²) in [5, 5.41) is 7.62. The summed E-state index contributed by atoms with van der Waals surface area (Å²) in [6.07, 6.45) is 20.8. The normalized spacial score (nSPS) is 23.9. The van der Waals surface area contributed by atoms with Gasteiger partial charge < -0.3 is 10.2 Å². The highest BCUT2D eigenvalue weighted by Gasteiger charge is 2.32. The number of carbonyl (C=O) groups is 1. The van der Waals surface area contributed by atoms with E-state index < -0.39 is 0 Å². The van der Waals surface area contributed by atoms with E-state index >= 15 is 0 Å². The molecule has 1 aromatic rings. The minimum Gasteiger partial charge on any atom is -0.319 e. The second-order valence-electron chi connectivity index (χ2n) is 9.54. The predicted octanol–water partition coefficient (Wildman–Crippen LogP) is 6.66. The molecule has 2 heterocycles. The number of rotatable bonds is 7. The van der Waals surface area contributed by atoms with Crippen LogP contribution in [0.25, 0.3) is 0 Å². The molecule has 3 fully saturated rings. The maximum Gasteiger partial charge on any atom is 0.324 e. The molecule has 1 unspecified atom stereocenters. The highest BCUT2D eigenvalue weighted by atomic mass is 32.2. The van der Waals surface area contributed by atoms with Crippen molar-refractivity contribution in [1.82, 2.24) is 15.2 Å². The summed E-state index contributed by atoms with van der Waals surface area (Å²) in [6.45, 7) is 1.17. The molecule has 174 valence electrons. The fraction of sp³-hybridized carbons (Fsp3) is 0.833. The fourth-order valence-electron chi connectivity index (χ4n) is 5.54. The summed E-state index contributed by atoms with van der Waals surface area (Å²) in [5.41, 5.74) is 0. The first kappa shape index (κ1) is 23.4. The minimum atomic E-state index is 0.0901. The van der Waals surface area contributed by atoms with Gasteiger partial charge >= 0.3 is 6.03 Å². The number of hydrogen-bond donors (Lipinski definition) is 2. The summed E-state index contributed by atoms with van der Waals surface area (Å²) < 4.78 is 1.21. The summed E-state index contributed by atoms with van der Waals surface area (Å²) >= 11 is 3.52. The standard InChI is InChI=1S/C24H40N4OS2/c29-24(28(20-11-5-1-6-12-20)21-13-7-2-8-14-21)27-23-26-18-22(31-23)30-17-15-19-10-4-3-9-16-25-19/h18-21,25H,1-17H2,(H,26,27,29). The van der Waals surface area contributed by atoms with Gasteiger partial charge in [0.2, 0.25) is 0 Å². The van der Waals surface area contributed by atoms with Gasteiger partial charge in [0, 0.05) is 23.9 Å². The van der Waals surface area contributed by atoms with E-state index in [2.05, 4.69) is 20.5 Å². The number of thioether (sulfide) groups is 1. The van der Waals surface area contributed by atoms with Crippen LogP contribution in [0.1, 0.15) is 96.3 Å². The molecule has 0 spiro atoms. The zero-order valence-corrected chi connectivity index (χ0v) is 20.6. The van der Waals surface area contributed by atoms with Crippen LogP contribution in [0.5, 0.6) is 0 Å². The van der Waals surface area contributed by atoms with Gasteiger partial charge in [0.25, 0.3) is 0 Å². The van der Waals surface area contributed by atoms with Crippen molar-refractivity contribution in [2.45, 2.75) is 119 Å². The Labute approximate surface area is 196 Å². The first-order valence-electron chi connectivity index (χ1n) is 12.7. The Morgan fingerprint density at radius 2 is 1.65 bits per heavy atom. The largest absolute Gasteiger partial charge is 0.324 e. The number of hydrogen-bond acceptors (Lipinski definition) is 5. The molecule has 2 saturated carbocycles. The molecule has 1 atom stereocenters. The Morgan fingerprint density at radius 1 is 1.00 bits per heavy atom. The summed E-state index contributed by atoms with van der Waals surface area (Å²) in [6, 6.07) is 1.59. The number of anilines is 1. The van der Waals surface area contributed by atoms with Crippen LogP contribution in [0.4, 0.5) is 9.93 Å². The SMILES string of the molecule is O=C(Nc1ncc(SCCC2CCCCCN2)s1)N(C1CCCCC1)C1CCCCC1. The van der Waals surface area contributed by atoms with Gasteiger partial charge in [-0.15, -0.1) is 11.8 Å². The molecule has 4 rings (SSSR count). The van der Waals surface area contributed by atoms with Crippen LogP contribution in [0.3, 0.4) is 0 Å². The van der Waals surface area contributed by atoms with Gasteiger partial charge in [-0.3, -0.25) is 5.32 Å². The quantitative estimate of drug-likeness (QED) is 0.443. The van der Waals surface area contributed by atoms with Gasteiger partial charge in [0.05, 0.1) is 10.4 Å². The van der Waals surface area contributed by atoms with Gasteiger partial charge in [0.15, 0.2) is 5.13 Å². The second-order valence-corrected chi connectivity index (χ2v) is 12.0. The minimum absolute atomic E-state index is 0.0901. The van der Waals surface area contributed by atoms with Gasteiger partial charge in [-0.1, -0.05) is 62.7 Å². The van der Waals surface area contributed by atoms with Gasteiger partial charge in [-0.25, -0.2) is 9.78 Å². The molecule has 2 N–H and O–H groups in total. The van der Waals surface area contributed by atoms with E-state index in [1.165, 1.54) is 81.4 Å². The Morgan fingerprint density at radius 3 is 2.35 bits per heavy atom. The number of carbonyl (C=O) groups excluding carboxylic acids is 1. The molecular formula is C24H40N4OS2. The smallest absolute Gasteiger partial charge is 0.319 e. The lowest BCUT2D eigenvalue weighted by Gasteiger charge is -2.41. The number of amides is 2. The number of nitrogens with zero attached hydrogens (tertiary/aromatic N) is 2. The summed E-state index contributed by atoms with van der Waals surface area (Å²) in [4.78, 5) is 20.1. The maximum atomic E-state index is 13.3. The first-order valence-corrected chi connectivity index (χ1v) is 14.5. The van der Waals surface area contributed by atoms with Crippen LogP contribution in [0.15, 0.2) is 10.4 Å². The highest BCUT2D eigenvalue weighted by molar-refractivity contribution is 8.01. The van der Waals surface area contributed by atoms with E-state index in [0.717, 1.165) is 36.6 Å². The van der Waals surface area contributed by atoms with Crippen LogP contribution in [-0.4, -0.2) is 46.3 Å². The van der Waals surface area contributed by atoms with Crippen molar-refractivity contribution in [1.29, 1.82) is 0 Å². The van der Waals surface area contributed by atoms with Crippen molar-refractivity contribution in [3.63, 3.8) is 0 Å². The molecule has 2 amide bonds. The van der Waals surface area contributed by atoms with Crippen LogP contribution < -0.4 is 10.6 Å². The van der Waals surface area contributed by atoms with E-state index in [4.69, 9.17) is 0 Å². The number of urea groups is 1. The second kappa shape index (κ2) is 12.4. The van der Waals surface area contributed by atoms with E-state index in [1.807, 2.05) is 18.0 Å². The lowest BCUT2D eigenvalue weighted by atomic mass is 9.89. The van der Waals surface area contributed by atoms with Gasteiger partial charge in [-0.05, 0) is 51.5 Å². The molecule has 2 aliphatic carbocycles. The van der Waals surface area contributed by atoms with Crippen LogP contribution >= 0.6 is 23.1 Å². The molecule has 0 radical (unpaired) electrons. The Hall–Kier alpha value is -0.790. The molecule has 0 aromatic carbocycles. The van der Waals surface area contributed by atoms with Crippen LogP contribution in [-0.2, 0) is 0 Å². The third kappa shape index (κ3) is 7.10. The highest BCUT2D eigenvalue weighted by Crippen LogP contribution is 2.33. The zero-order valence-electron chi connectivity index (χ0n) is 18.9. The molecule has 1 aromatic heterocycles. The van der Waals surface area contributed by atoms with Crippen LogP contribution in [0, 0.1) is 0 Å². The Balaban J connectivity index is 1.29. The average Bonchev–Trinajstić information content (AvgIpc) is 3.07. The average molecular weight is 465 g/mol. The van der Waals surface area contributed by atoms with E-state index in [1.54, 1.807) is 11.3 Å². The fourth-order valence-corrected chi connectivity index (χ4v) is 7.53. The van der Waals surface area contributed by atoms with Gasteiger partial charge in [-0.2, -0.15) is 0 Å². The van der Waals surface area contributed by atoms with Crippen molar-refractivity contribution in [2.75, 3.05) is 17.6 Å². The maximum absolute atomic E-state index is 13.3. The van der Waals surface area contributed by atoms with Crippen LogP contribution in [0.2, 0.25) is 0 Å². The van der Waals surface area contributed by atoms with E-state index in [0.29, 0.717) is 18.1 Å². The summed E-state index contributed by atoms with van der Waals surface area (Å²) in [7, 11) is 0. The molecule has 31 heavy (non-hydrogen) atoms. The van der Waals surface area contributed by atoms with Gasteiger partial charge in [0.1, 0.15) is 0 Å². The molecule has 3 aliphatic rings.